The zero-order chi connectivity index (χ0) is 24.5. The molecule has 0 radical (unpaired) electrons. The summed E-state index contributed by atoms with van der Waals surface area (Å²) in [5.74, 6) is 1.50. The second-order valence-electron chi connectivity index (χ2n) is 10.2. The Balaban J connectivity index is 2.71. The van der Waals surface area contributed by atoms with Crippen molar-refractivity contribution in [2.45, 2.75) is 125 Å². The predicted molar refractivity (Wildman–Crippen MR) is 137 cm³/mol. The van der Waals surface area contributed by atoms with E-state index in [-0.39, 0.29) is 11.9 Å². The van der Waals surface area contributed by atoms with Gasteiger partial charge in [-0.3, -0.25) is 9.59 Å². The van der Waals surface area contributed by atoms with Crippen LogP contribution in [0.3, 0.4) is 0 Å². The standard InChI is InChI=1S/C29H48O4/c1-6-7-8-9-10-17-25-20-21-26(32-28(30)18-13-11-15-23(2)3)27(22-25)33-29(31)19-14-12-16-24(4)5/h20-24H,6-19H2,1-5H3. The van der Waals surface area contributed by atoms with Crippen molar-refractivity contribution in [2.24, 2.45) is 11.8 Å². The van der Waals surface area contributed by atoms with E-state index in [1.807, 2.05) is 12.1 Å². The Hall–Kier alpha value is -1.84. The molecule has 1 rings (SSSR count). The number of benzene rings is 1. The summed E-state index contributed by atoms with van der Waals surface area (Å²) in [6.07, 6.45) is 13.7. The number of carbonyl (C=O) groups is 2. The van der Waals surface area contributed by atoms with Gasteiger partial charge in [0.05, 0.1) is 0 Å². The van der Waals surface area contributed by atoms with Crippen molar-refractivity contribution >= 4 is 11.9 Å². The van der Waals surface area contributed by atoms with Crippen LogP contribution in [0.15, 0.2) is 18.2 Å². The molecule has 4 nitrogen and oxygen atoms in total. The first-order valence-corrected chi connectivity index (χ1v) is 13.4. The van der Waals surface area contributed by atoms with Crippen molar-refractivity contribution in [3.8, 4) is 11.5 Å². The van der Waals surface area contributed by atoms with Crippen LogP contribution in [0.5, 0.6) is 11.5 Å². The number of unbranched alkanes of at least 4 members (excludes halogenated alkanes) is 6. The molecule has 0 saturated carbocycles. The summed E-state index contributed by atoms with van der Waals surface area (Å²) in [6, 6.07) is 5.66. The lowest BCUT2D eigenvalue weighted by molar-refractivity contribution is -0.137. The molecule has 4 heteroatoms. The highest BCUT2D eigenvalue weighted by Crippen LogP contribution is 2.30. The van der Waals surface area contributed by atoms with Crippen LogP contribution in [0.4, 0.5) is 0 Å². The lowest BCUT2D eigenvalue weighted by Gasteiger charge is -2.13. The lowest BCUT2D eigenvalue weighted by atomic mass is 10.0. The highest BCUT2D eigenvalue weighted by atomic mass is 16.6. The molecule has 0 aliphatic rings. The third-order valence-corrected chi connectivity index (χ3v) is 5.85. The smallest absolute Gasteiger partial charge is 0.311 e. The maximum Gasteiger partial charge on any atom is 0.311 e. The van der Waals surface area contributed by atoms with E-state index in [1.54, 1.807) is 6.07 Å². The van der Waals surface area contributed by atoms with Crippen molar-refractivity contribution in [1.29, 1.82) is 0 Å². The van der Waals surface area contributed by atoms with Gasteiger partial charge in [0.25, 0.3) is 0 Å². The molecule has 0 bridgehead atoms. The Labute approximate surface area is 202 Å². The molecule has 188 valence electrons. The Morgan fingerprint density at radius 2 is 1.24 bits per heavy atom. The zero-order valence-corrected chi connectivity index (χ0v) is 21.9. The number of hydrogen-bond donors (Lipinski definition) is 0. The zero-order valence-electron chi connectivity index (χ0n) is 21.9. The van der Waals surface area contributed by atoms with Gasteiger partial charge in [-0.1, -0.05) is 92.1 Å². The van der Waals surface area contributed by atoms with Crippen molar-refractivity contribution in [2.75, 3.05) is 0 Å². The molecule has 33 heavy (non-hydrogen) atoms. The summed E-state index contributed by atoms with van der Waals surface area (Å²) < 4.78 is 11.3. The Bertz CT molecular complexity index is 678. The van der Waals surface area contributed by atoms with Crippen molar-refractivity contribution < 1.29 is 19.1 Å². The average molecular weight is 461 g/mol. The summed E-state index contributed by atoms with van der Waals surface area (Å²) in [5.41, 5.74) is 1.12. The molecular weight excluding hydrogens is 412 g/mol. The van der Waals surface area contributed by atoms with Gasteiger partial charge in [0.1, 0.15) is 0 Å². The molecule has 0 unspecified atom stereocenters. The second kappa shape index (κ2) is 17.6. The molecule has 0 aromatic heterocycles. The van der Waals surface area contributed by atoms with Gasteiger partial charge < -0.3 is 9.47 Å². The number of aryl methyl sites for hydroxylation is 1. The molecule has 0 saturated heterocycles. The van der Waals surface area contributed by atoms with E-state index in [0.29, 0.717) is 36.2 Å². The van der Waals surface area contributed by atoms with Crippen molar-refractivity contribution in [1.82, 2.24) is 0 Å². The van der Waals surface area contributed by atoms with E-state index < -0.39 is 0 Å². The summed E-state index contributed by atoms with van der Waals surface area (Å²) in [5, 5.41) is 0. The summed E-state index contributed by atoms with van der Waals surface area (Å²) in [7, 11) is 0. The Kier molecular flexibility index (Phi) is 15.6. The van der Waals surface area contributed by atoms with Gasteiger partial charge in [-0.15, -0.1) is 0 Å². The molecule has 0 atom stereocenters. The maximum absolute atomic E-state index is 12.5. The largest absolute Gasteiger partial charge is 0.423 e. The van der Waals surface area contributed by atoms with Gasteiger partial charge in [-0.05, 0) is 55.2 Å². The summed E-state index contributed by atoms with van der Waals surface area (Å²) >= 11 is 0. The van der Waals surface area contributed by atoms with Gasteiger partial charge in [0.15, 0.2) is 11.5 Å². The highest BCUT2D eigenvalue weighted by molar-refractivity contribution is 5.76. The molecule has 0 aliphatic heterocycles. The molecule has 0 heterocycles. The first kappa shape index (κ1) is 29.2. The summed E-state index contributed by atoms with van der Waals surface area (Å²) in [6.45, 7) is 11.0. The monoisotopic (exact) mass is 460 g/mol. The fraction of sp³-hybridized carbons (Fsp3) is 0.724. The maximum atomic E-state index is 12.5. The Morgan fingerprint density at radius 3 is 1.79 bits per heavy atom. The van der Waals surface area contributed by atoms with Crippen LogP contribution in [0.1, 0.15) is 124 Å². The average Bonchev–Trinajstić information content (AvgIpc) is 2.75. The van der Waals surface area contributed by atoms with Crippen LogP contribution in [0.25, 0.3) is 0 Å². The number of carbonyl (C=O) groups excluding carboxylic acids is 2. The van der Waals surface area contributed by atoms with Gasteiger partial charge in [0.2, 0.25) is 0 Å². The molecule has 0 N–H and O–H groups in total. The SMILES string of the molecule is CCCCCCCc1ccc(OC(=O)CCCCC(C)C)c(OC(=O)CCCCC(C)C)c1. The first-order valence-electron chi connectivity index (χ1n) is 13.4. The van der Waals surface area contributed by atoms with Gasteiger partial charge >= 0.3 is 11.9 Å². The molecule has 0 spiro atoms. The molecule has 1 aromatic rings. The van der Waals surface area contributed by atoms with E-state index in [2.05, 4.69) is 34.6 Å². The van der Waals surface area contributed by atoms with Crippen LogP contribution in [0, 0.1) is 11.8 Å². The minimum Gasteiger partial charge on any atom is -0.423 e. The number of ether oxygens (including phenoxy) is 2. The molecule has 1 aromatic carbocycles. The first-order chi connectivity index (χ1) is 15.8. The topological polar surface area (TPSA) is 52.6 Å². The van der Waals surface area contributed by atoms with Gasteiger partial charge in [-0.25, -0.2) is 0 Å². The van der Waals surface area contributed by atoms with Gasteiger partial charge in [-0.2, -0.15) is 0 Å². The van der Waals surface area contributed by atoms with E-state index in [1.165, 1.54) is 25.7 Å². The lowest BCUT2D eigenvalue weighted by Crippen LogP contribution is -2.12. The van der Waals surface area contributed by atoms with E-state index >= 15 is 0 Å². The minimum atomic E-state index is -0.264. The van der Waals surface area contributed by atoms with Crippen LogP contribution in [0.2, 0.25) is 0 Å². The third-order valence-electron chi connectivity index (χ3n) is 5.85. The van der Waals surface area contributed by atoms with Crippen LogP contribution in [-0.4, -0.2) is 11.9 Å². The molecule has 0 fully saturated rings. The van der Waals surface area contributed by atoms with E-state index in [4.69, 9.17) is 9.47 Å². The van der Waals surface area contributed by atoms with Crippen molar-refractivity contribution in [3.05, 3.63) is 23.8 Å². The van der Waals surface area contributed by atoms with Gasteiger partial charge in [0, 0.05) is 12.8 Å². The normalized spacial score (nSPS) is 11.2. The number of hydrogen-bond acceptors (Lipinski definition) is 4. The van der Waals surface area contributed by atoms with E-state index in [0.717, 1.165) is 56.9 Å². The van der Waals surface area contributed by atoms with Crippen LogP contribution in [-0.2, 0) is 16.0 Å². The second-order valence-corrected chi connectivity index (χ2v) is 10.2. The van der Waals surface area contributed by atoms with Crippen LogP contribution >= 0.6 is 0 Å². The molecule has 0 amide bonds. The minimum absolute atomic E-state index is 0.256. The fourth-order valence-electron chi connectivity index (χ4n) is 3.80. The molecule has 0 aliphatic carbocycles. The van der Waals surface area contributed by atoms with E-state index in [9.17, 15) is 9.59 Å². The predicted octanol–water partition coefficient (Wildman–Crippen LogP) is 8.44. The third kappa shape index (κ3) is 14.8. The highest BCUT2D eigenvalue weighted by Gasteiger charge is 2.15. The molecular formula is C29H48O4. The van der Waals surface area contributed by atoms with Crippen molar-refractivity contribution in [3.63, 3.8) is 0 Å². The Morgan fingerprint density at radius 1 is 0.697 bits per heavy atom. The summed E-state index contributed by atoms with van der Waals surface area (Å²) in [4.78, 5) is 24.8. The number of rotatable bonds is 18. The number of esters is 2. The van der Waals surface area contributed by atoms with Crippen LogP contribution < -0.4 is 9.47 Å². The fourth-order valence-corrected chi connectivity index (χ4v) is 3.80. The quantitative estimate of drug-likeness (QED) is 0.125.